The number of nitrogens with one attached hydrogen (secondary N) is 3. The number of carbonyl (C=O) groups excluding carboxylic acids is 1. The van der Waals surface area contributed by atoms with Gasteiger partial charge in [-0.3, -0.25) is 5.32 Å². The second-order valence-electron chi connectivity index (χ2n) is 12.3. The number of ether oxygens (including phenoxy) is 4. The van der Waals surface area contributed by atoms with Gasteiger partial charge in [0.2, 0.25) is 0 Å². The number of nitrogens with two attached hydrogens (primary N) is 2. The summed E-state index contributed by atoms with van der Waals surface area (Å²) in [5.41, 5.74) is 18.0. The number of carbonyl (C=O) groups is 1. The fourth-order valence-corrected chi connectivity index (χ4v) is 5.86. The normalized spacial score (nSPS) is 14.1. The van der Waals surface area contributed by atoms with E-state index in [-0.39, 0.29) is 0 Å². The Morgan fingerprint density at radius 1 is 0.774 bits per heavy atom. The van der Waals surface area contributed by atoms with Crippen LogP contribution in [0.5, 0.6) is 23.0 Å². The highest BCUT2D eigenvalue weighted by Gasteiger charge is 2.27. The van der Waals surface area contributed by atoms with Gasteiger partial charge >= 0.3 is 6.09 Å². The van der Waals surface area contributed by atoms with E-state index in [1.807, 2.05) is 103 Å². The van der Waals surface area contributed by atoms with Crippen LogP contribution in [-0.4, -0.2) is 38.1 Å². The number of nitrogen functional groups attached to an aromatic ring is 1. The van der Waals surface area contributed by atoms with E-state index in [1.165, 1.54) is 0 Å². The second kappa shape index (κ2) is 16.5. The topological polar surface area (TPSA) is 155 Å². The highest BCUT2D eigenvalue weighted by atomic mass is 16.6. The zero-order valence-electron chi connectivity index (χ0n) is 29.8. The largest absolute Gasteiger partial charge is 0.497 e. The molecule has 0 saturated heterocycles. The lowest BCUT2D eigenvalue weighted by atomic mass is 9.94. The quantitative estimate of drug-likeness (QED) is 0.0881. The van der Waals surface area contributed by atoms with E-state index in [2.05, 4.69) is 20.9 Å². The molecular formula is C42H42N6O5. The lowest BCUT2D eigenvalue weighted by Crippen LogP contribution is -2.49. The van der Waals surface area contributed by atoms with Gasteiger partial charge in [-0.25, -0.2) is 9.78 Å². The van der Waals surface area contributed by atoms with Crippen LogP contribution in [0.4, 0.5) is 27.7 Å². The lowest BCUT2D eigenvalue weighted by Gasteiger charge is -2.33. The fourth-order valence-electron chi connectivity index (χ4n) is 5.86. The minimum absolute atomic E-state index is 0.427. The fraction of sp³-hybridized carbons (Fsp3) is 0.143. The highest BCUT2D eigenvalue weighted by Crippen LogP contribution is 2.31. The number of fused-ring (bicyclic) bond motifs is 2. The molecule has 0 bridgehead atoms. The standard InChI is InChI=1S/C25H23N3O4.C17H19N3O/c1-30-20-9-11-21(12-10-20)32-25(29)27-19-8-13-22-17(15-19)7-14-24(28-22)26-16-18-5-3-4-6-23(18)31-2;1-21-16-5-3-2-4-13(16)11-17(19)9-8-12-10-14(18)6-7-15(12)20-17/h3-15H,16H2,1-2H3,(H,26,28)(H,27,29);2-10,20H,11,18-19H2,1H3. The van der Waals surface area contributed by atoms with Crippen LogP contribution in [0.15, 0.2) is 127 Å². The second-order valence-corrected chi connectivity index (χ2v) is 12.3. The first-order chi connectivity index (χ1) is 25.7. The molecule has 0 spiro atoms. The van der Waals surface area contributed by atoms with Crippen LogP contribution in [0.2, 0.25) is 0 Å². The molecular weight excluding hydrogens is 668 g/mol. The number of rotatable bonds is 10. The van der Waals surface area contributed by atoms with Gasteiger partial charge in [0.25, 0.3) is 0 Å². The Balaban J connectivity index is 0.000000198. The van der Waals surface area contributed by atoms with Crippen molar-refractivity contribution < 1.29 is 23.7 Å². The first-order valence-corrected chi connectivity index (χ1v) is 16.9. The van der Waals surface area contributed by atoms with Crippen molar-refractivity contribution in [1.29, 1.82) is 0 Å². The lowest BCUT2D eigenvalue weighted by molar-refractivity contribution is 0.215. The summed E-state index contributed by atoms with van der Waals surface area (Å²) < 4.78 is 21.2. The first-order valence-electron chi connectivity index (χ1n) is 16.9. The summed E-state index contributed by atoms with van der Waals surface area (Å²) in [4.78, 5) is 16.8. The third-order valence-corrected chi connectivity index (χ3v) is 8.54. The molecule has 270 valence electrons. The molecule has 11 nitrogen and oxygen atoms in total. The van der Waals surface area contributed by atoms with Crippen molar-refractivity contribution in [3.63, 3.8) is 0 Å². The van der Waals surface area contributed by atoms with Crippen molar-refractivity contribution in [2.24, 2.45) is 5.73 Å². The van der Waals surface area contributed by atoms with Crippen LogP contribution in [-0.2, 0) is 13.0 Å². The molecule has 6 aromatic rings. The van der Waals surface area contributed by atoms with Gasteiger partial charge in [-0.05, 0) is 102 Å². The average molecular weight is 711 g/mol. The molecule has 11 heteroatoms. The number of amides is 1. The average Bonchev–Trinajstić information content (AvgIpc) is 3.18. The van der Waals surface area contributed by atoms with Crippen molar-refractivity contribution in [3.05, 3.63) is 144 Å². The van der Waals surface area contributed by atoms with Crippen molar-refractivity contribution >= 4 is 46.0 Å². The molecule has 5 aromatic carbocycles. The van der Waals surface area contributed by atoms with Crippen LogP contribution in [0.3, 0.4) is 0 Å². The summed E-state index contributed by atoms with van der Waals surface area (Å²) in [5, 5.41) is 10.3. The summed E-state index contributed by atoms with van der Waals surface area (Å²) in [6.45, 7) is 0.597. The van der Waals surface area contributed by atoms with Crippen LogP contribution >= 0.6 is 0 Å². The minimum atomic E-state index is -0.641. The van der Waals surface area contributed by atoms with Gasteiger partial charge < -0.3 is 41.0 Å². The number of aromatic nitrogens is 1. The number of benzene rings is 5. The molecule has 0 saturated carbocycles. The van der Waals surface area contributed by atoms with E-state index in [1.54, 1.807) is 51.7 Å². The predicted octanol–water partition coefficient (Wildman–Crippen LogP) is 8.09. The van der Waals surface area contributed by atoms with Gasteiger partial charge in [0.1, 0.15) is 34.5 Å². The van der Waals surface area contributed by atoms with Crippen LogP contribution < -0.4 is 46.4 Å². The molecule has 0 fully saturated rings. The van der Waals surface area contributed by atoms with Crippen LogP contribution in [0.25, 0.3) is 17.0 Å². The third-order valence-electron chi connectivity index (χ3n) is 8.54. The van der Waals surface area contributed by atoms with Crippen molar-refractivity contribution in [3.8, 4) is 23.0 Å². The Hall–Kier alpha value is -6.72. The van der Waals surface area contributed by atoms with E-state index < -0.39 is 11.8 Å². The predicted molar refractivity (Wildman–Crippen MR) is 212 cm³/mol. The van der Waals surface area contributed by atoms with Gasteiger partial charge in [-0.2, -0.15) is 0 Å². The number of nitrogens with zero attached hydrogens (tertiary/aromatic N) is 1. The Morgan fingerprint density at radius 3 is 2.21 bits per heavy atom. The molecule has 1 atom stereocenters. The number of hydrogen-bond donors (Lipinski definition) is 5. The summed E-state index contributed by atoms with van der Waals surface area (Å²) in [7, 11) is 4.91. The van der Waals surface area contributed by atoms with Gasteiger partial charge in [-0.15, -0.1) is 0 Å². The molecule has 1 unspecified atom stereocenters. The molecule has 1 aliphatic rings. The molecule has 1 aliphatic heterocycles. The van der Waals surface area contributed by atoms with E-state index in [0.717, 1.165) is 56.3 Å². The molecule has 53 heavy (non-hydrogen) atoms. The molecule has 0 aliphatic carbocycles. The number of pyridine rings is 1. The van der Waals surface area contributed by atoms with Crippen LogP contribution in [0.1, 0.15) is 16.7 Å². The van der Waals surface area contributed by atoms with Crippen molar-refractivity contribution in [2.75, 3.05) is 43.0 Å². The van der Waals surface area contributed by atoms with E-state index in [9.17, 15) is 4.79 Å². The Morgan fingerprint density at radius 2 is 1.47 bits per heavy atom. The van der Waals surface area contributed by atoms with Crippen LogP contribution in [0, 0.1) is 0 Å². The molecule has 7 N–H and O–H groups in total. The summed E-state index contributed by atoms with van der Waals surface area (Å²) in [6.07, 6.45) is 4.05. The maximum Gasteiger partial charge on any atom is 0.417 e. The maximum absolute atomic E-state index is 12.2. The van der Waals surface area contributed by atoms with Gasteiger partial charge in [0.15, 0.2) is 0 Å². The molecule has 7 rings (SSSR count). The van der Waals surface area contributed by atoms with Gasteiger partial charge in [-0.1, -0.05) is 42.5 Å². The SMILES string of the molecule is COc1ccc(OC(=O)Nc2ccc3nc(NCc4ccccc4OC)ccc3c2)cc1.COc1ccccc1CC1(N)C=Cc2cc(N)ccc2N1. The van der Waals surface area contributed by atoms with Gasteiger partial charge in [0, 0.05) is 41.0 Å². The Bertz CT molecular complexity index is 2230. The molecule has 2 heterocycles. The zero-order chi connectivity index (χ0) is 37.2. The first kappa shape index (κ1) is 36.1. The molecule has 1 aromatic heterocycles. The Kier molecular flexibility index (Phi) is 11.3. The third kappa shape index (κ3) is 9.34. The number of hydrogen-bond acceptors (Lipinski definition) is 10. The smallest absolute Gasteiger partial charge is 0.417 e. The molecule has 1 amide bonds. The summed E-state index contributed by atoms with van der Waals surface area (Å²) in [6, 6.07) is 37.7. The monoisotopic (exact) mass is 710 g/mol. The number of para-hydroxylation sites is 2. The Labute approximate surface area is 308 Å². The van der Waals surface area contributed by atoms with E-state index in [0.29, 0.717) is 30.2 Å². The summed E-state index contributed by atoms with van der Waals surface area (Å²) >= 11 is 0. The maximum atomic E-state index is 12.2. The molecule has 0 radical (unpaired) electrons. The summed E-state index contributed by atoms with van der Waals surface area (Å²) in [5.74, 6) is 3.55. The zero-order valence-corrected chi connectivity index (χ0v) is 29.8. The van der Waals surface area contributed by atoms with Crippen molar-refractivity contribution in [1.82, 2.24) is 4.98 Å². The number of methoxy groups -OCH3 is 3. The minimum Gasteiger partial charge on any atom is -0.497 e. The van der Waals surface area contributed by atoms with E-state index >= 15 is 0 Å². The van der Waals surface area contributed by atoms with Crippen molar-refractivity contribution in [2.45, 2.75) is 18.6 Å². The number of anilines is 4. The van der Waals surface area contributed by atoms with Gasteiger partial charge in [0.05, 0.1) is 26.8 Å². The highest BCUT2D eigenvalue weighted by molar-refractivity contribution is 5.91. The van der Waals surface area contributed by atoms with E-state index in [4.69, 9.17) is 30.4 Å².